The first-order valence-electron chi connectivity index (χ1n) is 4.84. The fraction of sp³-hybridized carbons (Fsp3) is 0. The SMILES string of the molecule is O=C(O)c1c[nH]c(=S)n(-c2cccc(Cl)c2)c1=O. The number of hydrogen-bond donors (Lipinski definition) is 2. The second-order valence-electron chi connectivity index (χ2n) is 3.43. The second-order valence-corrected chi connectivity index (χ2v) is 4.26. The molecule has 0 saturated heterocycles. The zero-order valence-electron chi connectivity index (χ0n) is 8.88. The third kappa shape index (κ3) is 2.20. The van der Waals surface area contributed by atoms with Gasteiger partial charge in [-0.3, -0.25) is 9.36 Å². The Morgan fingerprint density at radius 3 is 2.78 bits per heavy atom. The van der Waals surface area contributed by atoms with Crippen LogP contribution in [0.25, 0.3) is 5.69 Å². The Morgan fingerprint density at radius 1 is 1.44 bits per heavy atom. The van der Waals surface area contributed by atoms with Crippen LogP contribution in [0.4, 0.5) is 0 Å². The van der Waals surface area contributed by atoms with Crippen LogP contribution in [-0.4, -0.2) is 20.6 Å². The quantitative estimate of drug-likeness (QED) is 0.829. The summed E-state index contributed by atoms with van der Waals surface area (Å²) in [5.74, 6) is -1.32. The first-order chi connectivity index (χ1) is 8.50. The number of rotatable bonds is 2. The van der Waals surface area contributed by atoms with E-state index >= 15 is 0 Å². The Bertz CT molecular complexity index is 736. The number of aromatic nitrogens is 2. The summed E-state index contributed by atoms with van der Waals surface area (Å²) in [6, 6.07) is 6.43. The van der Waals surface area contributed by atoms with Gasteiger partial charge in [-0.25, -0.2) is 4.79 Å². The van der Waals surface area contributed by atoms with E-state index in [9.17, 15) is 9.59 Å². The van der Waals surface area contributed by atoms with E-state index in [1.807, 2.05) is 0 Å². The molecule has 0 aliphatic heterocycles. The third-order valence-electron chi connectivity index (χ3n) is 2.27. The molecule has 2 N–H and O–H groups in total. The van der Waals surface area contributed by atoms with E-state index in [0.29, 0.717) is 10.7 Å². The first kappa shape index (κ1) is 12.5. The van der Waals surface area contributed by atoms with Crippen LogP contribution in [0.3, 0.4) is 0 Å². The number of aromatic amines is 1. The van der Waals surface area contributed by atoms with Gasteiger partial charge in [0.25, 0.3) is 5.56 Å². The first-order valence-corrected chi connectivity index (χ1v) is 5.63. The molecule has 7 heteroatoms. The summed E-state index contributed by atoms with van der Waals surface area (Å²) in [7, 11) is 0. The standard InChI is InChI=1S/C11H7ClN2O3S/c12-6-2-1-3-7(4-6)14-9(15)8(10(16)17)5-13-11(14)18/h1-5H,(H,13,18)(H,16,17). The molecule has 5 nitrogen and oxygen atoms in total. The highest BCUT2D eigenvalue weighted by atomic mass is 35.5. The summed E-state index contributed by atoms with van der Waals surface area (Å²) in [5.41, 5.74) is -0.672. The van der Waals surface area contributed by atoms with Crippen LogP contribution < -0.4 is 5.56 Å². The lowest BCUT2D eigenvalue weighted by molar-refractivity contribution is 0.0694. The third-order valence-corrected chi connectivity index (χ3v) is 2.81. The maximum absolute atomic E-state index is 12.0. The molecule has 0 amide bonds. The van der Waals surface area contributed by atoms with Gasteiger partial charge in [0.2, 0.25) is 0 Å². The monoisotopic (exact) mass is 282 g/mol. The van der Waals surface area contributed by atoms with Crippen LogP contribution in [0.5, 0.6) is 0 Å². The van der Waals surface area contributed by atoms with Crippen molar-refractivity contribution >= 4 is 29.8 Å². The zero-order chi connectivity index (χ0) is 13.3. The van der Waals surface area contributed by atoms with Crippen LogP contribution in [-0.2, 0) is 0 Å². The maximum Gasteiger partial charge on any atom is 0.342 e. The van der Waals surface area contributed by atoms with Crippen LogP contribution in [0.2, 0.25) is 5.02 Å². The average molecular weight is 283 g/mol. The van der Waals surface area contributed by atoms with E-state index in [1.165, 1.54) is 6.07 Å². The van der Waals surface area contributed by atoms with Crippen molar-refractivity contribution in [3.05, 3.63) is 56.2 Å². The van der Waals surface area contributed by atoms with E-state index in [-0.39, 0.29) is 10.3 Å². The van der Waals surface area contributed by atoms with Crippen LogP contribution in [0, 0.1) is 4.77 Å². The highest BCUT2D eigenvalue weighted by Crippen LogP contribution is 2.13. The summed E-state index contributed by atoms with van der Waals surface area (Å²) in [6.07, 6.45) is 1.08. The number of hydrogen-bond acceptors (Lipinski definition) is 3. The van der Waals surface area contributed by atoms with Crippen molar-refractivity contribution in [3.8, 4) is 5.69 Å². The number of H-pyrrole nitrogens is 1. The minimum absolute atomic E-state index is 0.104. The van der Waals surface area contributed by atoms with E-state index in [2.05, 4.69) is 4.98 Å². The molecule has 1 aromatic carbocycles. The Kier molecular flexibility index (Phi) is 3.31. The number of carbonyl (C=O) groups is 1. The van der Waals surface area contributed by atoms with Gasteiger partial charge < -0.3 is 10.1 Å². The topological polar surface area (TPSA) is 75.1 Å². The lowest BCUT2D eigenvalue weighted by Gasteiger charge is -2.07. The van der Waals surface area contributed by atoms with E-state index in [1.54, 1.807) is 18.2 Å². The number of carboxylic acid groups (broad SMARTS) is 1. The van der Waals surface area contributed by atoms with E-state index in [4.69, 9.17) is 28.9 Å². The molecule has 0 saturated carbocycles. The molecule has 2 rings (SSSR count). The molecular formula is C11H7ClN2O3S. The Hall–Kier alpha value is -1.92. The largest absolute Gasteiger partial charge is 0.477 e. The van der Waals surface area contributed by atoms with Crippen molar-refractivity contribution in [1.29, 1.82) is 0 Å². The molecule has 0 bridgehead atoms. The minimum atomic E-state index is -1.32. The predicted octanol–water partition coefficient (Wildman–Crippen LogP) is 2.25. The molecule has 0 aliphatic carbocycles. The molecule has 0 spiro atoms. The van der Waals surface area contributed by atoms with E-state index in [0.717, 1.165) is 10.8 Å². The summed E-state index contributed by atoms with van der Waals surface area (Å²) in [6.45, 7) is 0. The minimum Gasteiger partial charge on any atom is -0.477 e. The molecule has 1 aromatic heterocycles. The predicted molar refractivity (Wildman–Crippen MR) is 69.2 cm³/mol. The molecule has 0 unspecified atom stereocenters. The molecule has 1 heterocycles. The van der Waals surface area contributed by atoms with Gasteiger partial charge in [-0.15, -0.1) is 0 Å². The van der Waals surface area contributed by atoms with Gasteiger partial charge in [0.05, 0.1) is 5.69 Å². The fourth-order valence-corrected chi connectivity index (χ4v) is 1.91. The Morgan fingerprint density at radius 2 is 2.17 bits per heavy atom. The number of nitrogens with zero attached hydrogens (tertiary/aromatic N) is 1. The smallest absolute Gasteiger partial charge is 0.342 e. The highest BCUT2D eigenvalue weighted by molar-refractivity contribution is 7.71. The number of halogens is 1. The summed E-state index contributed by atoms with van der Waals surface area (Å²) < 4.78 is 1.19. The van der Waals surface area contributed by atoms with Crippen molar-refractivity contribution < 1.29 is 9.90 Å². The Balaban J connectivity index is 2.79. The van der Waals surface area contributed by atoms with E-state index < -0.39 is 11.5 Å². The van der Waals surface area contributed by atoms with Crippen LogP contribution >= 0.6 is 23.8 Å². The summed E-state index contributed by atoms with van der Waals surface area (Å²) in [5, 5.41) is 9.31. The van der Waals surface area contributed by atoms with Crippen molar-refractivity contribution in [2.45, 2.75) is 0 Å². The summed E-state index contributed by atoms with van der Waals surface area (Å²) in [4.78, 5) is 25.4. The molecule has 0 radical (unpaired) electrons. The van der Waals surface area contributed by atoms with Crippen LogP contribution in [0.15, 0.2) is 35.3 Å². The zero-order valence-corrected chi connectivity index (χ0v) is 10.5. The van der Waals surface area contributed by atoms with Gasteiger partial charge in [-0.05, 0) is 30.4 Å². The number of aromatic carboxylic acids is 1. The molecule has 2 aromatic rings. The second kappa shape index (κ2) is 4.75. The number of carboxylic acids is 1. The maximum atomic E-state index is 12.0. The molecule has 18 heavy (non-hydrogen) atoms. The fourth-order valence-electron chi connectivity index (χ4n) is 1.48. The lowest BCUT2D eigenvalue weighted by atomic mass is 10.3. The lowest BCUT2D eigenvalue weighted by Crippen LogP contribution is -2.26. The van der Waals surface area contributed by atoms with Crippen molar-refractivity contribution in [1.82, 2.24) is 9.55 Å². The van der Waals surface area contributed by atoms with Crippen molar-refractivity contribution in [3.63, 3.8) is 0 Å². The van der Waals surface area contributed by atoms with Gasteiger partial charge >= 0.3 is 5.97 Å². The van der Waals surface area contributed by atoms with Gasteiger partial charge in [0, 0.05) is 11.2 Å². The molecule has 0 fully saturated rings. The molecule has 0 atom stereocenters. The Labute approximate surface area is 111 Å². The number of benzene rings is 1. The normalized spacial score (nSPS) is 10.3. The summed E-state index contributed by atoms with van der Waals surface area (Å²) >= 11 is 10.8. The van der Waals surface area contributed by atoms with Gasteiger partial charge in [0.15, 0.2) is 4.77 Å². The van der Waals surface area contributed by atoms with Crippen molar-refractivity contribution in [2.75, 3.05) is 0 Å². The molecular weight excluding hydrogens is 276 g/mol. The molecule has 0 aliphatic rings. The molecule has 92 valence electrons. The highest BCUT2D eigenvalue weighted by Gasteiger charge is 2.13. The van der Waals surface area contributed by atoms with Crippen molar-refractivity contribution in [2.24, 2.45) is 0 Å². The van der Waals surface area contributed by atoms with Gasteiger partial charge in [-0.2, -0.15) is 0 Å². The van der Waals surface area contributed by atoms with Gasteiger partial charge in [0.1, 0.15) is 5.56 Å². The van der Waals surface area contributed by atoms with Gasteiger partial charge in [-0.1, -0.05) is 17.7 Å². The number of nitrogens with one attached hydrogen (secondary N) is 1. The van der Waals surface area contributed by atoms with Crippen LogP contribution in [0.1, 0.15) is 10.4 Å². The average Bonchev–Trinajstić information content (AvgIpc) is 2.28.